The fourth-order valence-electron chi connectivity index (χ4n) is 3.94. The Morgan fingerprint density at radius 3 is 2.42 bits per heavy atom. The molecule has 0 saturated carbocycles. The van der Waals surface area contributed by atoms with Crippen molar-refractivity contribution in [3.63, 3.8) is 0 Å². The molecule has 2 N–H and O–H groups in total. The average molecular weight is 651 g/mol. The number of aromatic nitrogens is 1. The second kappa shape index (κ2) is 12.7. The Kier molecular flexibility index (Phi) is 9.22. The molecule has 0 radical (unpaired) electrons. The lowest BCUT2D eigenvalue weighted by Crippen LogP contribution is -2.20. The first-order chi connectivity index (χ1) is 20.3. The van der Waals surface area contributed by atoms with Gasteiger partial charge in [0.25, 0.3) is 26.9 Å². The van der Waals surface area contributed by atoms with Crippen LogP contribution in [-0.4, -0.2) is 30.7 Å². The van der Waals surface area contributed by atoms with Gasteiger partial charge in [-0.05, 0) is 68.0 Å². The molecule has 0 bridgehead atoms. The molecule has 14 nitrogen and oxygen atoms in total. The summed E-state index contributed by atoms with van der Waals surface area (Å²) in [6.45, 7) is 6.31. The zero-order chi connectivity index (χ0) is 31.5. The Hall–Kier alpha value is -4.67. The molecule has 0 aliphatic heterocycles. The number of carbonyl (C=O) groups excluding carboxylic acids is 2. The van der Waals surface area contributed by atoms with Crippen molar-refractivity contribution in [3.05, 3.63) is 89.7 Å². The third-order valence-corrected chi connectivity index (χ3v) is 8.79. The van der Waals surface area contributed by atoms with Crippen LogP contribution in [0.3, 0.4) is 0 Å². The third-order valence-electron chi connectivity index (χ3n) is 5.93. The van der Waals surface area contributed by atoms with E-state index in [9.17, 15) is 28.1 Å². The SMILES string of the molecule is Cc1cc(C)c(OC(=O)Oc2ccc(CO[N+](=O)[O-])cc2)c(C)c1NC(=O)c1sccc1S(=O)(=O)Nc1onc(C)c1Cl. The fourth-order valence-corrected chi connectivity index (χ4v) is 6.43. The van der Waals surface area contributed by atoms with Crippen LogP contribution in [-0.2, 0) is 21.5 Å². The number of benzene rings is 2. The lowest BCUT2D eigenvalue weighted by molar-refractivity contribution is -0.763. The smallest absolute Gasteiger partial charge is 0.395 e. The van der Waals surface area contributed by atoms with Gasteiger partial charge in [0.1, 0.15) is 38.6 Å². The summed E-state index contributed by atoms with van der Waals surface area (Å²) in [7, 11) is -4.28. The van der Waals surface area contributed by atoms with Crippen LogP contribution < -0.4 is 19.5 Å². The molecule has 43 heavy (non-hydrogen) atoms. The highest BCUT2D eigenvalue weighted by Crippen LogP contribution is 2.35. The molecular weight excluding hydrogens is 628 g/mol. The molecule has 4 rings (SSSR count). The van der Waals surface area contributed by atoms with Crippen molar-refractivity contribution in [3.8, 4) is 11.5 Å². The summed E-state index contributed by atoms with van der Waals surface area (Å²) in [6, 6.07) is 8.74. The van der Waals surface area contributed by atoms with Gasteiger partial charge in [-0.3, -0.25) is 4.79 Å². The zero-order valence-electron chi connectivity index (χ0n) is 22.9. The minimum atomic E-state index is -4.28. The highest BCUT2D eigenvalue weighted by atomic mass is 35.5. The molecule has 2 aromatic carbocycles. The van der Waals surface area contributed by atoms with E-state index in [4.69, 9.17) is 25.6 Å². The second-order valence-electron chi connectivity index (χ2n) is 9.02. The molecule has 0 aliphatic carbocycles. The number of carbonyl (C=O) groups is 2. The van der Waals surface area contributed by atoms with Gasteiger partial charge in [0.2, 0.25) is 0 Å². The molecule has 2 heterocycles. The summed E-state index contributed by atoms with van der Waals surface area (Å²) in [4.78, 5) is 40.1. The first-order valence-corrected chi connectivity index (χ1v) is 14.9. The summed E-state index contributed by atoms with van der Waals surface area (Å²) in [5, 5.41) is 17.2. The molecule has 0 fully saturated rings. The number of amides is 1. The Morgan fingerprint density at radius 2 is 1.79 bits per heavy atom. The zero-order valence-corrected chi connectivity index (χ0v) is 25.3. The van der Waals surface area contributed by atoms with Crippen molar-refractivity contribution >= 4 is 56.6 Å². The molecule has 17 heteroatoms. The van der Waals surface area contributed by atoms with E-state index in [0.29, 0.717) is 27.9 Å². The van der Waals surface area contributed by atoms with E-state index in [-0.39, 0.29) is 44.5 Å². The van der Waals surface area contributed by atoms with E-state index in [1.165, 1.54) is 42.6 Å². The van der Waals surface area contributed by atoms with Gasteiger partial charge in [0, 0.05) is 5.56 Å². The number of halogens is 1. The number of anilines is 2. The van der Waals surface area contributed by atoms with E-state index in [0.717, 1.165) is 11.3 Å². The van der Waals surface area contributed by atoms with Crippen LogP contribution in [0.25, 0.3) is 0 Å². The summed E-state index contributed by atoms with van der Waals surface area (Å²) < 4.78 is 43.9. The van der Waals surface area contributed by atoms with Gasteiger partial charge in [-0.2, -0.15) is 0 Å². The van der Waals surface area contributed by atoms with Crippen molar-refractivity contribution < 1.29 is 41.9 Å². The molecule has 0 atom stereocenters. The topological polar surface area (TPSA) is 189 Å². The maximum absolute atomic E-state index is 13.3. The van der Waals surface area contributed by atoms with Crippen molar-refractivity contribution in [1.82, 2.24) is 5.16 Å². The predicted molar refractivity (Wildman–Crippen MR) is 155 cm³/mol. The molecule has 1 amide bonds. The molecular formula is C26H23ClN4O10S2. The van der Waals surface area contributed by atoms with Crippen LogP contribution in [0.4, 0.5) is 16.4 Å². The summed E-state index contributed by atoms with van der Waals surface area (Å²) >= 11 is 6.93. The van der Waals surface area contributed by atoms with Gasteiger partial charge in [-0.25, -0.2) is 17.9 Å². The number of hydrogen-bond donors (Lipinski definition) is 2. The maximum Gasteiger partial charge on any atom is 0.519 e. The van der Waals surface area contributed by atoms with Crippen LogP contribution in [0, 0.1) is 37.8 Å². The van der Waals surface area contributed by atoms with Crippen molar-refractivity contribution in [1.29, 1.82) is 0 Å². The van der Waals surface area contributed by atoms with Gasteiger partial charge in [0.15, 0.2) is 0 Å². The minimum absolute atomic E-state index is 0.0129. The van der Waals surface area contributed by atoms with Gasteiger partial charge < -0.3 is 24.2 Å². The van der Waals surface area contributed by atoms with Crippen molar-refractivity contribution in [2.75, 3.05) is 10.0 Å². The molecule has 0 unspecified atom stereocenters. The number of sulfonamides is 1. The summed E-state index contributed by atoms with van der Waals surface area (Å²) in [5.41, 5.74) is 2.65. The minimum Gasteiger partial charge on any atom is -0.395 e. The summed E-state index contributed by atoms with van der Waals surface area (Å²) in [6.07, 6.45) is -1.07. The molecule has 226 valence electrons. The van der Waals surface area contributed by atoms with Crippen LogP contribution in [0.2, 0.25) is 5.02 Å². The number of rotatable bonds is 10. The van der Waals surface area contributed by atoms with E-state index >= 15 is 0 Å². The number of hydrogen-bond acceptors (Lipinski definition) is 12. The molecule has 0 spiro atoms. The molecule has 4 aromatic rings. The van der Waals surface area contributed by atoms with Crippen molar-refractivity contribution in [2.24, 2.45) is 0 Å². The molecule has 0 saturated heterocycles. The largest absolute Gasteiger partial charge is 0.519 e. The number of aryl methyl sites for hydroxylation is 3. The lowest BCUT2D eigenvalue weighted by atomic mass is 10.0. The van der Waals surface area contributed by atoms with Gasteiger partial charge in [-0.15, -0.1) is 21.5 Å². The normalized spacial score (nSPS) is 11.1. The first-order valence-electron chi connectivity index (χ1n) is 12.2. The average Bonchev–Trinajstić information content (AvgIpc) is 3.56. The standard InChI is InChI=1S/C26H23ClN4O10S2/c1-13-11-14(2)22(40-26(33)39-18-7-5-17(6-8-18)12-38-31(34)35)15(3)21(13)28-24(32)23-19(9-10-42-23)43(36,37)30-25-20(27)16(4)29-41-25/h5-11,30H,12H2,1-4H3,(H,28,32). The number of nitrogens with one attached hydrogen (secondary N) is 2. The van der Waals surface area contributed by atoms with Crippen LogP contribution in [0.5, 0.6) is 11.5 Å². The third kappa shape index (κ3) is 7.22. The second-order valence-corrected chi connectivity index (χ2v) is 12.0. The van der Waals surface area contributed by atoms with E-state index in [1.807, 2.05) is 0 Å². The Bertz CT molecular complexity index is 1820. The van der Waals surface area contributed by atoms with Crippen LogP contribution in [0.15, 0.2) is 51.2 Å². The number of ether oxygens (including phenoxy) is 2. The number of thiophene rings is 1. The van der Waals surface area contributed by atoms with Gasteiger partial charge >= 0.3 is 6.16 Å². The maximum atomic E-state index is 13.3. The fraction of sp³-hybridized carbons (Fsp3) is 0.192. The van der Waals surface area contributed by atoms with Crippen LogP contribution in [0.1, 0.15) is 37.6 Å². The first kappa shape index (κ1) is 31.3. The number of nitrogens with zero attached hydrogens (tertiary/aromatic N) is 2. The highest BCUT2D eigenvalue weighted by molar-refractivity contribution is 7.93. The molecule has 2 aromatic heterocycles. The van der Waals surface area contributed by atoms with Crippen molar-refractivity contribution in [2.45, 2.75) is 39.2 Å². The monoisotopic (exact) mass is 650 g/mol. The lowest BCUT2D eigenvalue weighted by Gasteiger charge is -2.17. The van der Waals surface area contributed by atoms with E-state index in [2.05, 4.69) is 20.0 Å². The van der Waals surface area contributed by atoms with Crippen LogP contribution >= 0.6 is 22.9 Å². The Morgan fingerprint density at radius 1 is 1.09 bits per heavy atom. The van der Waals surface area contributed by atoms with Gasteiger partial charge in [0.05, 0.1) is 5.69 Å². The Labute approximate surface area is 253 Å². The van der Waals surface area contributed by atoms with E-state index in [1.54, 1.807) is 26.8 Å². The van der Waals surface area contributed by atoms with E-state index < -0.39 is 27.2 Å². The van der Waals surface area contributed by atoms with Gasteiger partial charge in [-0.1, -0.05) is 35.0 Å². The quantitative estimate of drug-likeness (QED) is 0.0891. The predicted octanol–water partition coefficient (Wildman–Crippen LogP) is 5.96. The highest BCUT2D eigenvalue weighted by Gasteiger charge is 2.28. The summed E-state index contributed by atoms with van der Waals surface area (Å²) in [5.74, 6) is -0.763. The Balaban J connectivity index is 1.51. The molecule has 0 aliphatic rings.